The Morgan fingerprint density at radius 2 is 1.38 bits per heavy atom. The zero-order chi connectivity index (χ0) is 35.0. The van der Waals surface area contributed by atoms with Crippen molar-refractivity contribution in [2.45, 2.75) is 61.4 Å². The van der Waals surface area contributed by atoms with Gasteiger partial charge in [0.25, 0.3) is 0 Å². The van der Waals surface area contributed by atoms with Crippen molar-refractivity contribution in [2.75, 3.05) is 34.5 Å². The van der Waals surface area contributed by atoms with E-state index in [0.29, 0.717) is 0 Å². The minimum Gasteiger partial charge on any atom is -0.507 e. The minimum absolute atomic E-state index is 0.0895. The smallest absolute Gasteiger partial charge is 0.239 e. The third kappa shape index (κ3) is 6.30. The standard InChI is InChI=1S/C30H36O18/c1-41-10-4-13(34)19-16(5-10)44-26(28(43-3)21(19)36)11-6-15(42-2)12(33)7-14(11)45-29-25(40)23(38)27(18(9-32)47-29)48-30-24(39)22(37)20(35)17(8-31)46-30/h4-7,17-18,20,22-25,27,29-35,37-40H,8-9H2,1-3H3/t17-,18-,20-,22-,23+,24+,25+,27+,29+,30-/m0/s1. The van der Waals surface area contributed by atoms with E-state index in [9.17, 15) is 50.8 Å². The molecule has 2 aromatic carbocycles. The van der Waals surface area contributed by atoms with E-state index in [1.54, 1.807) is 0 Å². The number of hydrogen-bond donors (Lipinski definition) is 9. The third-order valence-corrected chi connectivity index (χ3v) is 8.08. The van der Waals surface area contributed by atoms with Crippen LogP contribution in [0.3, 0.4) is 0 Å². The number of phenolic OH excluding ortho intramolecular Hbond substituents is 2. The van der Waals surface area contributed by atoms with Gasteiger partial charge in [-0.3, -0.25) is 4.79 Å². The first-order chi connectivity index (χ1) is 22.9. The van der Waals surface area contributed by atoms with E-state index in [2.05, 4.69) is 0 Å². The second-order valence-electron chi connectivity index (χ2n) is 11.0. The third-order valence-electron chi connectivity index (χ3n) is 8.08. The summed E-state index contributed by atoms with van der Waals surface area (Å²) in [6.45, 7) is -1.60. The topological polar surface area (TPSA) is 277 Å². The van der Waals surface area contributed by atoms with Crippen molar-refractivity contribution in [3.8, 4) is 45.8 Å². The van der Waals surface area contributed by atoms with Crippen molar-refractivity contribution >= 4 is 11.0 Å². The predicted molar refractivity (Wildman–Crippen MR) is 158 cm³/mol. The number of hydrogen-bond acceptors (Lipinski definition) is 18. The maximum atomic E-state index is 13.5. The van der Waals surface area contributed by atoms with Crippen LogP contribution in [-0.2, 0) is 14.2 Å². The van der Waals surface area contributed by atoms with Gasteiger partial charge in [-0.15, -0.1) is 0 Å². The molecule has 2 aliphatic heterocycles. The van der Waals surface area contributed by atoms with Crippen LogP contribution in [0.15, 0.2) is 33.5 Å². The van der Waals surface area contributed by atoms with Crippen molar-refractivity contribution in [3.05, 3.63) is 34.5 Å². The van der Waals surface area contributed by atoms with Crippen molar-refractivity contribution < 1.29 is 83.5 Å². The highest BCUT2D eigenvalue weighted by Gasteiger charge is 2.51. The zero-order valence-electron chi connectivity index (χ0n) is 25.7. The minimum atomic E-state index is -1.95. The summed E-state index contributed by atoms with van der Waals surface area (Å²) in [5.74, 6) is -1.85. The molecule has 264 valence electrons. The van der Waals surface area contributed by atoms with Crippen LogP contribution in [0.4, 0.5) is 0 Å². The number of methoxy groups -OCH3 is 3. The molecule has 0 unspecified atom stereocenters. The number of aliphatic hydroxyl groups excluding tert-OH is 7. The van der Waals surface area contributed by atoms with Gasteiger partial charge >= 0.3 is 0 Å². The molecule has 0 spiro atoms. The summed E-state index contributed by atoms with van der Waals surface area (Å²) in [5.41, 5.74) is -0.998. The number of aromatic hydroxyl groups is 2. The number of aliphatic hydroxyl groups is 7. The fourth-order valence-electron chi connectivity index (χ4n) is 5.50. The fourth-order valence-corrected chi connectivity index (χ4v) is 5.50. The van der Waals surface area contributed by atoms with Crippen LogP contribution in [0.1, 0.15) is 0 Å². The highest BCUT2D eigenvalue weighted by atomic mass is 16.7. The molecule has 2 fully saturated rings. The van der Waals surface area contributed by atoms with Crippen LogP contribution in [0.25, 0.3) is 22.3 Å². The Bertz CT molecular complexity index is 1660. The molecule has 0 amide bonds. The lowest BCUT2D eigenvalue weighted by Gasteiger charge is -2.45. The number of ether oxygens (including phenoxy) is 7. The van der Waals surface area contributed by atoms with Gasteiger partial charge in [-0.2, -0.15) is 0 Å². The highest BCUT2D eigenvalue weighted by molar-refractivity contribution is 5.89. The van der Waals surface area contributed by atoms with Crippen LogP contribution in [0.5, 0.6) is 34.5 Å². The van der Waals surface area contributed by atoms with E-state index >= 15 is 0 Å². The molecule has 48 heavy (non-hydrogen) atoms. The Hall–Kier alpha value is -3.95. The van der Waals surface area contributed by atoms with Gasteiger partial charge in [-0.05, 0) is 6.07 Å². The van der Waals surface area contributed by atoms with Gasteiger partial charge in [0.05, 0.1) is 40.1 Å². The molecule has 5 rings (SSSR count). The van der Waals surface area contributed by atoms with Gasteiger partial charge in [-0.25, -0.2) is 0 Å². The predicted octanol–water partition coefficient (Wildman–Crippen LogP) is -2.10. The Morgan fingerprint density at radius 3 is 2.00 bits per heavy atom. The molecule has 3 heterocycles. The summed E-state index contributed by atoms with van der Waals surface area (Å²) in [6.07, 6.45) is -17.2. The molecular formula is C30H36O18. The molecule has 2 aliphatic rings. The molecule has 0 radical (unpaired) electrons. The monoisotopic (exact) mass is 684 g/mol. The lowest BCUT2D eigenvalue weighted by molar-refractivity contribution is -0.352. The van der Waals surface area contributed by atoms with Crippen LogP contribution in [-0.4, -0.2) is 142 Å². The van der Waals surface area contributed by atoms with E-state index in [0.717, 1.165) is 6.07 Å². The summed E-state index contributed by atoms with van der Waals surface area (Å²) in [7, 11) is 3.76. The maximum absolute atomic E-state index is 13.5. The summed E-state index contributed by atoms with van der Waals surface area (Å²) in [6, 6.07) is 4.80. The van der Waals surface area contributed by atoms with Gasteiger partial charge in [0.2, 0.25) is 17.5 Å². The van der Waals surface area contributed by atoms with E-state index in [1.165, 1.54) is 39.5 Å². The van der Waals surface area contributed by atoms with Gasteiger partial charge in [0.15, 0.2) is 23.5 Å². The number of phenols is 2. The van der Waals surface area contributed by atoms with Crippen LogP contribution in [0, 0.1) is 0 Å². The van der Waals surface area contributed by atoms with Gasteiger partial charge in [-0.1, -0.05) is 0 Å². The van der Waals surface area contributed by atoms with Crippen molar-refractivity contribution in [1.29, 1.82) is 0 Å². The molecule has 18 heteroatoms. The average Bonchev–Trinajstić information content (AvgIpc) is 3.07. The number of fused-ring (bicyclic) bond motifs is 1. The lowest BCUT2D eigenvalue weighted by Crippen LogP contribution is -2.65. The first kappa shape index (κ1) is 35.4. The Kier molecular flexibility index (Phi) is 10.5. The molecule has 0 aliphatic carbocycles. The maximum Gasteiger partial charge on any atom is 0.239 e. The Balaban J connectivity index is 1.51. The molecular weight excluding hydrogens is 648 g/mol. The molecule has 0 bridgehead atoms. The summed E-state index contributed by atoms with van der Waals surface area (Å²) < 4.78 is 44.2. The van der Waals surface area contributed by atoms with Crippen LogP contribution >= 0.6 is 0 Å². The first-order valence-corrected chi connectivity index (χ1v) is 14.5. The second kappa shape index (κ2) is 14.3. The van der Waals surface area contributed by atoms with E-state index in [1.807, 2.05) is 0 Å². The molecule has 10 atom stereocenters. The number of benzene rings is 2. The molecule has 2 saturated heterocycles. The normalized spacial score (nSPS) is 30.6. The molecule has 18 nitrogen and oxygen atoms in total. The summed E-state index contributed by atoms with van der Waals surface area (Å²) in [5, 5.41) is 93.1. The van der Waals surface area contributed by atoms with Crippen LogP contribution < -0.4 is 24.4 Å². The lowest BCUT2D eigenvalue weighted by atomic mass is 9.97. The van der Waals surface area contributed by atoms with Crippen LogP contribution in [0.2, 0.25) is 0 Å². The molecule has 3 aromatic rings. The Labute approximate surface area is 271 Å². The van der Waals surface area contributed by atoms with Crippen molar-refractivity contribution in [1.82, 2.24) is 0 Å². The second-order valence-corrected chi connectivity index (χ2v) is 11.0. The van der Waals surface area contributed by atoms with Gasteiger partial charge in [0.1, 0.15) is 77.0 Å². The van der Waals surface area contributed by atoms with Gasteiger partial charge in [0, 0.05) is 18.2 Å². The highest BCUT2D eigenvalue weighted by Crippen LogP contribution is 2.45. The van der Waals surface area contributed by atoms with E-state index < -0.39 is 97.3 Å². The van der Waals surface area contributed by atoms with Crippen molar-refractivity contribution in [2.24, 2.45) is 0 Å². The average molecular weight is 685 g/mol. The SMILES string of the molecule is COc1cc(O)c2c(=O)c(OC)c(-c3cc(OC)c(O)cc3O[C@@H]3O[C@@H](CO)[C@@H](O[C@@H]4O[C@@H](CO)[C@H](O)[C@H](O)[C@H]4O)[C@H](O)[C@H]3O)oc2c1. The van der Waals surface area contributed by atoms with E-state index in [-0.39, 0.29) is 39.5 Å². The van der Waals surface area contributed by atoms with E-state index in [4.69, 9.17) is 37.6 Å². The number of rotatable bonds is 10. The summed E-state index contributed by atoms with van der Waals surface area (Å²) in [4.78, 5) is 13.5. The quantitative estimate of drug-likeness (QED) is 0.111. The van der Waals surface area contributed by atoms with Crippen molar-refractivity contribution in [3.63, 3.8) is 0 Å². The first-order valence-electron chi connectivity index (χ1n) is 14.5. The fraction of sp³-hybridized carbons (Fsp3) is 0.500. The zero-order valence-corrected chi connectivity index (χ0v) is 25.7. The molecule has 1 aromatic heterocycles. The molecule has 9 N–H and O–H groups in total. The summed E-state index contributed by atoms with van der Waals surface area (Å²) >= 11 is 0. The molecule has 0 saturated carbocycles. The van der Waals surface area contributed by atoms with Gasteiger partial charge < -0.3 is 83.5 Å². The largest absolute Gasteiger partial charge is 0.507 e. The Morgan fingerprint density at radius 1 is 0.708 bits per heavy atom.